The number of carbonyl (C=O) groups excluding carboxylic acids is 2. The molecule has 1 aliphatic rings. The number of ether oxygens (including phenoxy) is 1. The van der Waals surface area contributed by atoms with Gasteiger partial charge < -0.3 is 25.1 Å². The lowest BCUT2D eigenvalue weighted by Gasteiger charge is -2.04. The zero-order chi connectivity index (χ0) is 16.1. The average molecular weight is 322 g/mol. The van der Waals surface area contributed by atoms with Gasteiger partial charge in [0, 0.05) is 12.4 Å². The number of hydrogen-bond acceptors (Lipinski definition) is 8. The van der Waals surface area contributed by atoms with Gasteiger partial charge in [0.25, 0.3) is 0 Å². The van der Waals surface area contributed by atoms with E-state index in [1.807, 2.05) is 0 Å². The van der Waals surface area contributed by atoms with Crippen LogP contribution in [0.1, 0.15) is 12.0 Å². The summed E-state index contributed by atoms with van der Waals surface area (Å²) in [4.78, 5) is 21.9. The minimum absolute atomic E-state index is 0.0309. The molecule has 2 rings (SSSR count). The van der Waals surface area contributed by atoms with Crippen LogP contribution < -0.4 is 15.2 Å². The van der Waals surface area contributed by atoms with Crippen molar-refractivity contribution in [3.63, 3.8) is 0 Å². The van der Waals surface area contributed by atoms with Gasteiger partial charge in [-0.3, -0.25) is 4.79 Å². The standard InChI is InChI=1S/C13H13N3O5S/c1-21-9-3-2-7(4-8(9)17)6-14-16-13-15-12(20)10(22-13)5-11(18)19/h2-4,6,10,17H,5H2,1H3,(H,18,19)(H,15,16,20)/p-1/b14-6-/t10-/m1/s1. The van der Waals surface area contributed by atoms with E-state index in [2.05, 4.69) is 15.5 Å². The number of rotatable bonds is 5. The Morgan fingerprint density at radius 3 is 3.00 bits per heavy atom. The van der Waals surface area contributed by atoms with Crippen LogP contribution in [0.5, 0.6) is 11.5 Å². The lowest BCUT2D eigenvalue weighted by molar-refractivity contribution is -0.305. The first kappa shape index (κ1) is 15.8. The number of amides is 1. The van der Waals surface area contributed by atoms with Crippen molar-refractivity contribution in [2.45, 2.75) is 11.7 Å². The number of phenols is 1. The van der Waals surface area contributed by atoms with Gasteiger partial charge in [0.2, 0.25) is 5.91 Å². The van der Waals surface area contributed by atoms with Gasteiger partial charge in [-0.2, -0.15) is 5.10 Å². The molecule has 0 radical (unpaired) electrons. The van der Waals surface area contributed by atoms with E-state index < -0.39 is 17.1 Å². The van der Waals surface area contributed by atoms with Gasteiger partial charge >= 0.3 is 0 Å². The predicted molar refractivity (Wildman–Crippen MR) is 78.8 cm³/mol. The van der Waals surface area contributed by atoms with Crippen molar-refractivity contribution in [2.24, 2.45) is 10.2 Å². The lowest BCUT2D eigenvalue weighted by Crippen LogP contribution is -2.31. The third kappa shape index (κ3) is 3.98. The van der Waals surface area contributed by atoms with Crippen LogP contribution in [0, 0.1) is 0 Å². The second-order valence-electron chi connectivity index (χ2n) is 4.25. The second kappa shape index (κ2) is 6.94. The number of hydrogen-bond donors (Lipinski definition) is 2. The van der Waals surface area contributed by atoms with Crippen molar-refractivity contribution >= 4 is 35.0 Å². The highest BCUT2D eigenvalue weighted by Crippen LogP contribution is 2.25. The summed E-state index contributed by atoms with van der Waals surface area (Å²) >= 11 is 0.977. The molecule has 0 bridgehead atoms. The first-order valence-electron chi connectivity index (χ1n) is 6.15. The van der Waals surface area contributed by atoms with Crippen molar-refractivity contribution in [1.82, 2.24) is 5.32 Å². The summed E-state index contributed by atoms with van der Waals surface area (Å²) in [5, 5.41) is 29.5. The normalized spacial score (nSPS) is 19.6. The largest absolute Gasteiger partial charge is 0.550 e. The molecule has 1 fully saturated rings. The third-order valence-corrected chi connectivity index (χ3v) is 3.76. The Hall–Kier alpha value is -2.55. The van der Waals surface area contributed by atoms with Crippen molar-refractivity contribution in [2.75, 3.05) is 7.11 Å². The summed E-state index contributed by atoms with van der Waals surface area (Å²) in [5.41, 5.74) is 0.586. The summed E-state index contributed by atoms with van der Waals surface area (Å²) in [5.74, 6) is -1.43. The maximum absolute atomic E-state index is 11.5. The smallest absolute Gasteiger partial charge is 0.239 e. The number of aliphatic carboxylic acids is 1. The van der Waals surface area contributed by atoms with Gasteiger partial charge in [0.15, 0.2) is 16.7 Å². The van der Waals surface area contributed by atoms with Gasteiger partial charge in [-0.15, -0.1) is 5.10 Å². The van der Waals surface area contributed by atoms with Crippen LogP contribution in [0.4, 0.5) is 0 Å². The molecule has 9 heteroatoms. The SMILES string of the molecule is COc1ccc(/C=N\N=C2/NC(=O)[C@@H](CC(=O)[O-])S2)cc1O. The van der Waals surface area contributed by atoms with E-state index in [9.17, 15) is 19.8 Å². The topological polar surface area (TPSA) is 123 Å². The van der Waals surface area contributed by atoms with E-state index in [0.717, 1.165) is 11.8 Å². The highest BCUT2D eigenvalue weighted by atomic mass is 32.2. The lowest BCUT2D eigenvalue weighted by atomic mass is 10.2. The number of amidine groups is 1. The molecule has 0 spiro atoms. The first-order chi connectivity index (χ1) is 10.5. The number of carboxylic acids is 1. The monoisotopic (exact) mass is 322 g/mol. The van der Waals surface area contributed by atoms with Gasteiger partial charge in [0.1, 0.15) is 0 Å². The molecular formula is C13H12N3O5S-. The van der Waals surface area contributed by atoms with Gasteiger partial charge in [-0.1, -0.05) is 11.8 Å². The fraction of sp³-hybridized carbons (Fsp3) is 0.231. The molecule has 1 aromatic rings. The van der Waals surface area contributed by atoms with Crippen molar-refractivity contribution in [3.8, 4) is 11.5 Å². The molecule has 1 aliphatic heterocycles. The highest BCUT2D eigenvalue weighted by molar-refractivity contribution is 8.15. The van der Waals surface area contributed by atoms with E-state index in [4.69, 9.17) is 4.74 Å². The molecule has 0 saturated carbocycles. The fourth-order valence-electron chi connectivity index (χ4n) is 1.67. The van der Waals surface area contributed by atoms with Crippen molar-refractivity contribution in [1.29, 1.82) is 0 Å². The molecule has 1 atom stereocenters. The Balaban J connectivity index is 2.01. The number of thioether (sulfide) groups is 1. The van der Waals surface area contributed by atoms with Gasteiger partial charge in [0.05, 0.1) is 18.6 Å². The Morgan fingerprint density at radius 1 is 1.59 bits per heavy atom. The minimum Gasteiger partial charge on any atom is -0.550 e. The number of nitrogens with zero attached hydrogens (tertiary/aromatic N) is 2. The number of aromatic hydroxyl groups is 1. The van der Waals surface area contributed by atoms with E-state index >= 15 is 0 Å². The molecule has 116 valence electrons. The molecule has 0 unspecified atom stereocenters. The molecule has 0 aromatic heterocycles. The minimum atomic E-state index is -1.30. The highest BCUT2D eigenvalue weighted by Gasteiger charge is 2.30. The van der Waals surface area contributed by atoms with Crippen LogP contribution in [0.25, 0.3) is 0 Å². The van der Waals surface area contributed by atoms with Crippen LogP contribution >= 0.6 is 11.8 Å². The summed E-state index contributed by atoms with van der Waals surface area (Å²) in [6.45, 7) is 0. The van der Waals surface area contributed by atoms with E-state index in [0.29, 0.717) is 11.3 Å². The molecule has 22 heavy (non-hydrogen) atoms. The quantitative estimate of drug-likeness (QED) is 0.554. The molecule has 1 saturated heterocycles. The molecule has 0 aliphatic carbocycles. The molecular weight excluding hydrogens is 310 g/mol. The van der Waals surface area contributed by atoms with Crippen LogP contribution in [0.15, 0.2) is 28.4 Å². The third-order valence-electron chi connectivity index (χ3n) is 2.69. The number of phenolic OH excluding ortho intramolecular Hbond substituents is 1. The Kier molecular flexibility index (Phi) is 4.99. The second-order valence-corrected chi connectivity index (χ2v) is 5.44. The van der Waals surface area contributed by atoms with E-state index in [1.165, 1.54) is 19.4 Å². The van der Waals surface area contributed by atoms with Crippen LogP contribution in [-0.4, -0.2) is 40.7 Å². The summed E-state index contributed by atoms with van der Waals surface area (Å²) in [7, 11) is 1.44. The molecule has 1 aromatic carbocycles. The van der Waals surface area contributed by atoms with Crippen molar-refractivity contribution in [3.05, 3.63) is 23.8 Å². The number of benzene rings is 1. The number of carbonyl (C=O) groups is 2. The van der Waals surface area contributed by atoms with Gasteiger partial charge in [-0.05, 0) is 23.8 Å². The molecule has 1 heterocycles. The van der Waals surface area contributed by atoms with Crippen LogP contribution in [0.3, 0.4) is 0 Å². The molecule has 2 N–H and O–H groups in total. The maximum Gasteiger partial charge on any atom is 0.239 e. The van der Waals surface area contributed by atoms with Crippen LogP contribution in [-0.2, 0) is 9.59 Å². The average Bonchev–Trinajstić information content (AvgIpc) is 2.78. The molecule has 1 amide bonds. The Bertz CT molecular complexity index is 659. The van der Waals surface area contributed by atoms with E-state index in [1.54, 1.807) is 12.1 Å². The fourth-order valence-corrected chi connectivity index (χ4v) is 2.58. The Labute approximate surface area is 129 Å². The predicted octanol–water partition coefficient (Wildman–Crippen LogP) is -0.538. The zero-order valence-electron chi connectivity index (χ0n) is 11.5. The number of nitrogens with one attached hydrogen (secondary N) is 1. The Morgan fingerprint density at radius 2 is 2.36 bits per heavy atom. The van der Waals surface area contributed by atoms with E-state index in [-0.39, 0.29) is 17.3 Å². The first-order valence-corrected chi connectivity index (χ1v) is 7.03. The zero-order valence-corrected chi connectivity index (χ0v) is 12.3. The number of methoxy groups -OCH3 is 1. The summed E-state index contributed by atoms with van der Waals surface area (Å²) in [6, 6.07) is 4.69. The van der Waals surface area contributed by atoms with Crippen molar-refractivity contribution < 1.29 is 24.5 Å². The maximum atomic E-state index is 11.5. The van der Waals surface area contributed by atoms with Gasteiger partial charge in [-0.25, -0.2) is 0 Å². The summed E-state index contributed by atoms with van der Waals surface area (Å²) in [6.07, 6.45) is 0.997. The molecule has 8 nitrogen and oxygen atoms in total. The summed E-state index contributed by atoms with van der Waals surface area (Å²) < 4.78 is 4.92. The number of carboxylic acid groups (broad SMARTS) is 1. The van der Waals surface area contributed by atoms with Crippen LogP contribution in [0.2, 0.25) is 0 Å².